The Morgan fingerprint density at radius 3 is 2.70 bits per heavy atom. The molecule has 0 aliphatic heterocycles. The summed E-state index contributed by atoms with van der Waals surface area (Å²) in [5, 5.41) is 21.1. The molecule has 0 bridgehead atoms. The van der Waals surface area contributed by atoms with Crippen molar-refractivity contribution in [1.29, 1.82) is 0 Å². The molecule has 0 atom stereocenters. The molecule has 0 saturated carbocycles. The van der Waals surface area contributed by atoms with Gasteiger partial charge >= 0.3 is 0 Å². The van der Waals surface area contributed by atoms with E-state index in [4.69, 9.17) is 11.6 Å². The van der Waals surface area contributed by atoms with E-state index in [2.05, 4.69) is 22.1 Å². The second-order valence-corrected chi connectivity index (χ2v) is 5.48. The number of hydrogen-bond acceptors (Lipinski definition) is 4. The van der Waals surface area contributed by atoms with Crippen molar-refractivity contribution in [3.63, 3.8) is 0 Å². The Labute approximate surface area is 137 Å². The van der Waals surface area contributed by atoms with Crippen LogP contribution in [0.5, 0.6) is 0 Å². The van der Waals surface area contributed by atoms with Crippen molar-refractivity contribution in [2.45, 2.75) is 6.92 Å². The maximum atomic E-state index is 11.7. The van der Waals surface area contributed by atoms with Gasteiger partial charge < -0.3 is 10.4 Å². The molecule has 6 nitrogen and oxygen atoms in total. The van der Waals surface area contributed by atoms with Crippen LogP contribution in [-0.2, 0) is 4.79 Å². The lowest BCUT2D eigenvalue weighted by Crippen LogP contribution is -2.15. The number of aliphatic hydroxyl groups is 1. The van der Waals surface area contributed by atoms with Crippen molar-refractivity contribution in [3.8, 4) is 5.69 Å². The van der Waals surface area contributed by atoms with E-state index >= 15 is 0 Å². The van der Waals surface area contributed by atoms with Crippen LogP contribution in [0.2, 0.25) is 5.02 Å². The van der Waals surface area contributed by atoms with Gasteiger partial charge in [0.2, 0.25) is 0 Å². The third-order valence-corrected chi connectivity index (χ3v) is 3.46. The first-order valence-corrected chi connectivity index (χ1v) is 7.15. The monoisotopic (exact) mass is 328 g/mol. The minimum Gasteiger partial charge on any atom is -0.503 e. The molecule has 0 fully saturated rings. The van der Waals surface area contributed by atoms with Crippen LogP contribution in [0.4, 0.5) is 5.69 Å². The van der Waals surface area contributed by atoms with E-state index in [9.17, 15) is 9.90 Å². The summed E-state index contributed by atoms with van der Waals surface area (Å²) >= 11 is 5.96. The molecule has 1 heterocycles. The van der Waals surface area contributed by atoms with Crippen molar-refractivity contribution in [2.24, 2.45) is 0 Å². The number of carbonyl (C=O) groups is 1. The predicted molar refractivity (Wildman–Crippen MR) is 89.0 cm³/mol. The number of hydrogen-bond donors (Lipinski definition) is 2. The molecular weight excluding hydrogens is 316 g/mol. The molecule has 2 N–H and O–H groups in total. The largest absolute Gasteiger partial charge is 0.503 e. The van der Waals surface area contributed by atoms with E-state index in [0.717, 1.165) is 5.56 Å². The van der Waals surface area contributed by atoms with Gasteiger partial charge in [-0.1, -0.05) is 24.2 Å². The van der Waals surface area contributed by atoms with Gasteiger partial charge in [0.15, 0.2) is 5.76 Å². The maximum Gasteiger partial charge on any atom is 0.289 e. The second-order valence-electron chi connectivity index (χ2n) is 5.04. The van der Waals surface area contributed by atoms with E-state index in [1.54, 1.807) is 24.3 Å². The van der Waals surface area contributed by atoms with Crippen LogP contribution < -0.4 is 5.32 Å². The zero-order valence-electron chi connectivity index (χ0n) is 12.2. The number of rotatable bonds is 3. The molecule has 23 heavy (non-hydrogen) atoms. The number of aryl methyl sites for hydroxylation is 1. The number of benzene rings is 2. The first-order valence-electron chi connectivity index (χ1n) is 6.77. The Hall–Kier alpha value is -2.86. The van der Waals surface area contributed by atoms with Crippen LogP contribution in [0.25, 0.3) is 16.7 Å². The van der Waals surface area contributed by atoms with Crippen LogP contribution in [0.1, 0.15) is 5.56 Å². The van der Waals surface area contributed by atoms with Gasteiger partial charge in [0.1, 0.15) is 16.7 Å². The summed E-state index contributed by atoms with van der Waals surface area (Å²) in [5.41, 5.74) is 3.33. The van der Waals surface area contributed by atoms with Gasteiger partial charge in [-0.05, 0) is 42.8 Å². The average molecular weight is 329 g/mol. The number of carbonyl (C=O) groups excluding carboxylic acids is 1. The second kappa shape index (κ2) is 5.73. The van der Waals surface area contributed by atoms with Gasteiger partial charge in [-0.2, -0.15) is 0 Å². The molecule has 0 radical (unpaired) electrons. The standard InChI is InChI=1S/C16H13ClN4O2/c1-9-3-5-13(18-16(23)10(2)22)15(7-9)21-19-12-6-4-11(17)8-14(12)20-21/h3-8,22H,2H2,1H3,(H,18,23). The summed E-state index contributed by atoms with van der Waals surface area (Å²) in [7, 11) is 0. The van der Waals surface area contributed by atoms with Gasteiger partial charge in [0.05, 0.1) is 5.69 Å². The fourth-order valence-electron chi connectivity index (χ4n) is 2.10. The van der Waals surface area contributed by atoms with E-state index in [0.29, 0.717) is 27.4 Å². The normalized spacial score (nSPS) is 10.7. The van der Waals surface area contributed by atoms with Crippen LogP contribution in [0, 0.1) is 6.92 Å². The van der Waals surface area contributed by atoms with E-state index in [1.807, 2.05) is 19.1 Å². The molecule has 2 aromatic carbocycles. The Bertz CT molecular complexity index is 933. The smallest absolute Gasteiger partial charge is 0.289 e. The fraction of sp³-hybridized carbons (Fsp3) is 0.0625. The van der Waals surface area contributed by atoms with Gasteiger partial charge in [0.25, 0.3) is 5.91 Å². The van der Waals surface area contributed by atoms with Crippen LogP contribution in [-0.4, -0.2) is 26.0 Å². The average Bonchev–Trinajstić information content (AvgIpc) is 2.91. The SMILES string of the molecule is C=C(O)C(=O)Nc1ccc(C)cc1-n1nc2ccc(Cl)cc2n1. The third-order valence-electron chi connectivity index (χ3n) is 3.22. The van der Waals surface area contributed by atoms with E-state index < -0.39 is 11.7 Å². The molecule has 1 aromatic heterocycles. The molecule has 1 amide bonds. The Morgan fingerprint density at radius 1 is 1.22 bits per heavy atom. The lowest BCUT2D eigenvalue weighted by molar-refractivity contribution is -0.115. The number of nitrogens with zero attached hydrogens (tertiary/aromatic N) is 3. The van der Waals surface area contributed by atoms with E-state index in [1.165, 1.54) is 4.80 Å². The Morgan fingerprint density at radius 2 is 1.96 bits per heavy atom. The van der Waals surface area contributed by atoms with Crippen molar-refractivity contribution >= 4 is 34.2 Å². The summed E-state index contributed by atoms with van der Waals surface area (Å²) in [6.07, 6.45) is 0. The van der Waals surface area contributed by atoms with Gasteiger partial charge in [-0.25, -0.2) is 0 Å². The molecule has 0 unspecified atom stereocenters. The highest BCUT2D eigenvalue weighted by molar-refractivity contribution is 6.31. The highest BCUT2D eigenvalue weighted by atomic mass is 35.5. The number of halogens is 1. The first-order chi connectivity index (χ1) is 10.9. The quantitative estimate of drug-likeness (QED) is 0.570. The summed E-state index contributed by atoms with van der Waals surface area (Å²) in [4.78, 5) is 13.1. The molecule has 0 spiro atoms. The highest BCUT2D eigenvalue weighted by Crippen LogP contribution is 2.23. The third kappa shape index (κ3) is 3.02. The summed E-state index contributed by atoms with van der Waals surface area (Å²) in [5.74, 6) is -1.25. The maximum absolute atomic E-state index is 11.7. The van der Waals surface area contributed by atoms with Crippen LogP contribution in [0.3, 0.4) is 0 Å². The first kappa shape index (κ1) is 15.1. The zero-order valence-corrected chi connectivity index (χ0v) is 13.0. The lowest BCUT2D eigenvalue weighted by Gasteiger charge is -2.10. The van der Waals surface area contributed by atoms with Crippen molar-refractivity contribution in [3.05, 3.63) is 59.3 Å². The van der Waals surface area contributed by atoms with Crippen molar-refractivity contribution in [2.75, 3.05) is 5.32 Å². The molecule has 116 valence electrons. The number of amides is 1. The predicted octanol–water partition coefficient (Wildman–Crippen LogP) is 3.39. The molecule has 7 heteroatoms. The van der Waals surface area contributed by atoms with Gasteiger partial charge in [-0.3, -0.25) is 4.79 Å². The molecule has 3 aromatic rings. The molecule has 3 rings (SSSR count). The summed E-state index contributed by atoms with van der Waals surface area (Å²) in [6, 6.07) is 10.6. The number of aromatic nitrogens is 3. The van der Waals surface area contributed by atoms with E-state index in [-0.39, 0.29) is 0 Å². The lowest BCUT2D eigenvalue weighted by atomic mass is 10.2. The van der Waals surface area contributed by atoms with Crippen molar-refractivity contribution < 1.29 is 9.90 Å². The summed E-state index contributed by atoms with van der Waals surface area (Å²) in [6.45, 7) is 5.12. The number of fused-ring (bicyclic) bond motifs is 1. The summed E-state index contributed by atoms with van der Waals surface area (Å²) < 4.78 is 0. The molecule has 0 saturated heterocycles. The zero-order chi connectivity index (χ0) is 16.6. The van der Waals surface area contributed by atoms with Gasteiger partial charge in [-0.15, -0.1) is 15.0 Å². The highest BCUT2D eigenvalue weighted by Gasteiger charge is 2.13. The molecular formula is C16H13ClN4O2. The minimum absolute atomic E-state index is 0.460. The van der Waals surface area contributed by atoms with Gasteiger partial charge in [0, 0.05) is 5.02 Å². The number of anilines is 1. The number of aliphatic hydroxyl groups excluding tert-OH is 1. The molecule has 0 aliphatic rings. The minimum atomic E-state index is -0.685. The van der Waals surface area contributed by atoms with Crippen molar-refractivity contribution in [1.82, 2.24) is 15.0 Å². The topological polar surface area (TPSA) is 80.0 Å². The fourth-order valence-corrected chi connectivity index (χ4v) is 2.27. The van der Waals surface area contributed by atoms with Crippen LogP contribution in [0.15, 0.2) is 48.7 Å². The molecule has 0 aliphatic carbocycles. The Balaban J connectivity index is 2.11. The number of nitrogens with one attached hydrogen (secondary N) is 1. The Kier molecular flexibility index (Phi) is 3.75. The van der Waals surface area contributed by atoms with Crippen LogP contribution >= 0.6 is 11.6 Å².